The normalized spacial score (nSPS) is 14.9. The van der Waals surface area contributed by atoms with E-state index < -0.39 is 8.07 Å². The maximum atomic E-state index is 7.18. The zero-order valence-corrected chi connectivity index (χ0v) is 34.3. The van der Waals surface area contributed by atoms with E-state index in [4.69, 9.17) is 4.74 Å². The molecule has 0 N–H and O–H groups in total. The van der Waals surface area contributed by atoms with Gasteiger partial charge >= 0.3 is 0 Å². The predicted molar refractivity (Wildman–Crippen MR) is 258 cm³/mol. The van der Waals surface area contributed by atoms with Crippen molar-refractivity contribution in [2.45, 2.75) is 0 Å². The molecule has 2 aromatic heterocycles. The summed E-state index contributed by atoms with van der Waals surface area (Å²) in [6.45, 7) is 0. The van der Waals surface area contributed by atoms with Gasteiger partial charge in [-0.05, 0) is 96.4 Å². The van der Waals surface area contributed by atoms with E-state index in [-0.39, 0.29) is 0 Å². The molecule has 0 saturated heterocycles. The zero-order chi connectivity index (χ0) is 39.4. The average molecular weight is 798 g/mol. The van der Waals surface area contributed by atoms with Crippen LogP contribution in [0.5, 0.6) is 11.5 Å². The van der Waals surface area contributed by atoms with E-state index in [0.717, 1.165) is 22.7 Å². The Bertz CT molecular complexity index is 3670. The second-order valence-corrected chi connectivity index (χ2v) is 20.8. The molecule has 1 aliphatic heterocycles. The summed E-state index contributed by atoms with van der Waals surface area (Å²) in [4.78, 5) is 0. The van der Waals surface area contributed by atoms with Gasteiger partial charge in [0.05, 0.1) is 11.0 Å². The maximum Gasteiger partial charge on any atom is 0.188 e. The minimum absolute atomic E-state index is 0.932. The Morgan fingerprint density at radius 3 is 1.82 bits per heavy atom. The van der Waals surface area contributed by atoms with Gasteiger partial charge in [0.1, 0.15) is 11.5 Å². The van der Waals surface area contributed by atoms with Crippen molar-refractivity contribution in [3.8, 4) is 28.3 Å². The number of hydrogen-bond acceptors (Lipinski definition) is 2. The van der Waals surface area contributed by atoms with E-state index in [1.165, 1.54) is 89.8 Å². The molecule has 4 heteroatoms. The molecule has 0 aliphatic carbocycles. The van der Waals surface area contributed by atoms with Gasteiger partial charge in [-0.3, -0.25) is 0 Å². The summed E-state index contributed by atoms with van der Waals surface area (Å²) in [5.41, 5.74) is 5.88. The molecule has 1 atom stereocenters. The zero-order valence-electron chi connectivity index (χ0n) is 32.5. The molecule has 0 bridgehead atoms. The predicted octanol–water partition coefficient (Wildman–Crippen LogP) is 12.6. The molecule has 280 valence electrons. The lowest BCUT2D eigenvalue weighted by Crippen LogP contribution is -2.76. The minimum atomic E-state index is -3.03. The molecule has 0 fully saturated rings. The molecular formula is C56H35NOSSi. The van der Waals surface area contributed by atoms with Gasteiger partial charge in [-0.15, -0.1) is 11.3 Å². The quantitative estimate of drug-likeness (QED) is 0.162. The Balaban J connectivity index is 1.07. The Kier molecular flexibility index (Phi) is 7.23. The molecule has 0 amide bonds. The van der Waals surface area contributed by atoms with Crippen molar-refractivity contribution in [1.82, 2.24) is 4.57 Å². The maximum absolute atomic E-state index is 7.18. The second kappa shape index (κ2) is 12.9. The Morgan fingerprint density at radius 2 is 1.00 bits per heavy atom. The highest BCUT2D eigenvalue weighted by Crippen LogP contribution is 2.41. The average Bonchev–Trinajstić information content (AvgIpc) is 3.86. The van der Waals surface area contributed by atoms with Gasteiger partial charge in [0, 0.05) is 42.2 Å². The summed E-state index contributed by atoms with van der Waals surface area (Å²) in [5.74, 6) is 1.89. The third kappa shape index (κ3) is 4.80. The van der Waals surface area contributed by atoms with Gasteiger partial charge < -0.3 is 9.30 Å². The number of benzene rings is 10. The molecule has 0 saturated carbocycles. The number of fused-ring (bicyclic) bond motifs is 10. The number of ether oxygens (including phenoxy) is 1. The first-order chi connectivity index (χ1) is 29.7. The standard InChI is InChI=1S/C56H35NOSSi/c1-2-13-37-33-42(29-25-36(37)12-1)60(43-30-26-38-32-41(28-24-39(38)34-43)57-49-18-6-3-14-45(49)46-15-4-7-19-50(46)57)54-22-10-8-20-51(54)58-56-44(17-11-23-55(56)60)40-27-31-53-48(35-40)47-16-5-9-21-52(47)59-53/h1-35H. The van der Waals surface area contributed by atoms with Crippen molar-refractivity contribution in [3.05, 3.63) is 212 Å². The highest BCUT2D eigenvalue weighted by atomic mass is 32.1. The van der Waals surface area contributed by atoms with Gasteiger partial charge in [-0.2, -0.15) is 0 Å². The van der Waals surface area contributed by atoms with Crippen LogP contribution in [0.1, 0.15) is 0 Å². The summed E-state index contributed by atoms with van der Waals surface area (Å²) >= 11 is 1.86. The fourth-order valence-electron chi connectivity index (χ4n) is 10.2. The fourth-order valence-corrected chi connectivity index (χ4v) is 16.3. The fraction of sp³-hybridized carbons (Fsp3) is 0. The van der Waals surface area contributed by atoms with E-state index in [0.29, 0.717) is 0 Å². The molecule has 0 spiro atoms. The van der Waals surface area contributed by atoms with Crippen molar-refractivity contribution in [2.75, 3.05) is 0 Å². The van der Waals surface area contributed by atoms with Crippen molar-refractivity contribution < 1.29 is 4.74 Å². The summed E-state index contributed by atoms with van der Waals surface area (Å²) in [7, 11) is -3.03. The number of nitrogens with zero attached hydrogens (tertiary/aromatic N) is 1. The summed E-state index contributed by atoms with van der Waals surface area (Å²) in [6, 6.07) is 79.0. The van der Waals surface area contributed by atoms with Crippen LogP contribution in [0.2, 0.25) is 0 Å². The molecule has 13 rings (SSSR count). The van der Waals surface area contributed by atoms with Crippen LogP contribution >= 0.6 is 11.3 Å². The Morgan fingerprint density at radius 1 is 0.400 bits per heavy atom. The van der Waals surface area contributed by atoms with Gasteiger partial charge in [0.25, 0.3) is 0 Å². The van der Waals surface area contributed by atoms with Crippen molar-refractivity contribution >= 4 is 104 Å². The number of thiophene rings is 1. The first-order valence-corrected chi connectivity index (χ1v) is 23.4. The lowest BCUT2D eigenvalue weighted by molar-refractivity contribution is 0.489. The van der Waals surface area contributed by atoms with Crippen LogP contribution in [0.4, 0.5) is 0 Å². The van der Waals surface area contributed by atoms with Crippen molar-refractivity contribution in [1.29, 1.82) is 0 Å². The van der Waals surface area contributed by atoms with Crippen LogP contribution in [0.25, 0.3) is 80.3 Å². The number of rotatable bonds is 4. The molecular weight excluding hydrogens is 763 g/mol. The van der Waals surface area contributed by atoms with Gasteiger partial charge in [0.15, 0.2) is 8.07 Å². The van der Waals surface area contributed by atoms with Crippen LogP contribution in [-0.4, -0.2) is 12.6 Å². The van der Waals surface area contributed by atoms with Gasteiger partial charge in [0.2, 0.25) is 0 Å². The summed E-state index contributed by atoms with van der Waals surface area (Å²) < 4.78 is 12.2. The first kappa shape index (κ1) is 33.7. The molecule has 0 radical (unpaired) electrons. The molecule has 3 heterocycles. The molecule has 60 heavy (non-hydrogen) atoms. The highest BCUT2D eigenvalue weighted by molar-refractivity contribution is 7.25. The van der Waals surface area contributed by atoms with Crippen LogP contribution in [0.3, 0.4) is 0 Å². The largest absolute Gasteiger partial charge is 0.457 e. The SMILES string of the molecule is c1ccc2c(c1)Oc1c(-c3ccc4sc5ccccc5c4c3)cccc1[Si]2(c1ccc2ccccc2c1)c1ccc2cc(-n3c4ccccc4c4ccccc43)ccc2c1. The third-order valence-corrected chi connectivity index (χ3v) is 18.8. The summed E-state index contributed by atoms with van der Waals surface area (Å²) in [6.07, 6.45) is 0. The molecule has 12 aromatic rings. The Hall–Kier alpha value is -7.24. The molecule has 1 aliphatic rings. The number of para-hydroxylation sites is 4. The lowest BCUT2D eigenvalue weighted by atomic mass is 10.0. The Labute approximate surface area is 351 Å². The van der Waals surface area contributed by atoms with Gasteiger partial charge in [-0.25, -0.2) is 0 Å². The first-order valence-electron chi connectivity index (χ1n) is 20.6. The van der Waals surface area contributed by atoms with E-state index in [1.807, 2.05) is 11.3 Å². The highest BCUT2D eigenvalue weighted by Gasteiger charge is 2.48. The lowest BCUT2D eigenvalue weighted by Gasteiger charge is -2.40. The number of aromatic nitrogens is 1. The van der Waals surface area contributed by atoms with Crippen molar-refractivity contribution in [3.63, 3.8) is 0 Å². The molecule has 2 nitrogen and oxygen atoms in total. The second-order valence-electron chi connectivity index (χ2n) is 16.0. The summed E-state index contributed by atoms with van der Waals surface area (Å²) in [5, 5.41) is 15.3. The molecule has 10 aromatic carbocycles. The van der Waals surface area contributed by atoms with E-state index >= 15 is 0 Å². The number of hydrogen-bond donors (Lipinski definition) is 0. The monoisotopic (exact) mass is 797 g/mol. The minimum Gasteiger partial charge on any atom is -0.457 e. The van der Waals surface area contributed by atoms with E-state index in [9.17, 15) is 0 Å². The van der Waals surface area contributed by atoms with E-state index in [1.54, 1.807) is 0 Å². The van der Waals surface area contributed by atoms with Crippen molar-refractivity contribution in [2.24, 2.45) is 0 Å². The van der Waals surface area contributed by atoms with Crippen LogP contribution in [0, 0.1) is 0 Å². The van der Waals surface area contributed by atoms with Crippen LogP contribution < -0.4 is 25.5 Å². The van der Waals surface area contributed by atoms with Gasteiger partial charge in [-0.1, -0.05) is 164 Å². The smallest absolute Gasteiger partial charge is 0.188 e. The van der Waals surface area contributed by atoms with E-state index in [2.05, 4.69) is 217 Å². The van der Waals surface area contributed by atoms with Crippen LogP contribution in [0.15, 0.2) is 212 Å². The topological polar surface area (TPSA) is 14.2 Å². The van der Waals surface area contributed by atoms with Crippen LogP contribution in [-0.2, 0) is 0 Å². The molecule has 1 unspecified atom stereocenters. The third-order valence-electron chi connectivity index (χ3n) is 12.9.